The molecule has 1 saturated heterocycles. The Morgan fingerprint density at radius 2 is 1.95 bits per heavy atom. The molecule has 0 aliphatic carbocycles. The fourth-order valence-corrected chi connectivity index (χ4v) is 4.00. The Labute approximate surface area is 115 Å². The van der Waals surface area contributed by atoms with E-state index in [0.717, 1.165) is 25.1 Å². The van der Waals surface area contributed by atoms with Crippen molar-refractivity contribution in [3.8, 4) is 0 Å². The summed E-state index contributed by atoms with van der Waals surface area (Å²) in [5, 5.41) is 2.97. The van der Waals surface area contributed by atoms with Gasteiger partial charge in [-0.25, -0.2) is 12.7 Å². The van der Waals surface area contributed by atoms with E-state index in [1.165, 1.54) is 4.31 Å². The van der Waals surface area contributed by atoms with Crippen LogP contribution in [0.5, 0.6) is 0 Å². The summed E-state index contributed by atoms with van der Waals surface area (Å²) in [6, 6.07) is 3.84. The molecule has 0 spiro atoms. The first-order chi connectivity index (χ1) is 9.10. The molecule has 2 rings (SSSR count). The molecule has 106 valence electrons. The number of nitrogens with zero attached hydrogens (tertiary/aromatic N) is 2. The topological polar surface area (TPSA) is 62.3 Å². The lowest BCUT2D eigenvalue weighted by molar-refractivity contribution is 0.433. The smallest absolute Gasteiger partial charge is 0.216 e. The van der Waals surface area contributed by atoms with Crippen molar-refractivity contribution in [2.75, 3.05) is 26.7 Å². The van der Waals surface area contributed by atoms with Gasteiger partial charge in [0, 0.05) is 26.0 Å². The van der Waals surface area contributed by atoms with Gasteiger partial charge in [-0.1, -0.05) is 0 Å². The van der Waals surface area contributed by atoms with Crippen LogP contribution in [0, 0.1) is 0 Å². The number of piperidine rings is 1. The van der Waals surface area contributed by atoms with Crippen molar-refractivity contribution in [3.05, 3.63) is 30.1 Å². The second-order valence-corrected chi connectivity index (χ2v) is 7.24. The van der Waals surface area contributed by atoms with Crippen LogP contribution in [0.4, 0.5) is 0 Å². The largest absolute Gasteiger partial charge is 0.317 e. The zero-order valence-corrected chi connectivity index (χ0v) is 12.1. The third-order valence-corrected chi connectivity index (χ3v) is 5.97. The van der Waals surface area contributed by atoms with Crippen LogP contribution in [-0.4, -0.2) is 49.6 Å². The maximum atomic E-state index is 12.4. The van der Waals surface area contributed by atoms with Crippen molar-refractivity contribution in [3.63, 3.8) is 0 Å². The number of likely N-dealkylation sites (N-methyl/N-ethyl adjacent to an activating group) is 1. The third kappa shape index (κ3) is 3.75. The molecule has 0 bridgehead atoms. The molecule has 1 aromatic rings. The van der Waals surface area contributed by atoms with E-state index in [2.05, 4.69) is 10.3 Å². The van der Waals surface area contributed by atoms with E-state index in [9.17, 15) is 8.42 Å². The second-order valence-electron chi connectivity index (χ2n) is 4.92. The van der Waals surface area contributed by atoms with E-state index in [-0.39, 0.29) is 5.25 Å². The molecule has 0 aromatic carbocycles. The SMILES string of the molecule is CN(CCc1ccncc1)S(=O)(=O)C1CCNCC1. The van der Waals surface area contributed by atoms with Crippen LogP contribution in [-0.2, 0) is 16.4 Å². The quantitative estimate of drug-likeness (QED) is 0.861. The first-order valence-corrected chi connectivity index (χ1v) is 8.16. The lowest BCUT2D eigenvalue weighted by Crippen LogP contribution is -2.43. The number of rotatable bonds is 5. The normalized spacial score (nSPS) is 17.8. The van der Waals surface area contributed by atoms with Crippen molar-refractivity contribution in [1.29, 1.82) is 0 Å². The zero-order valence-electron chi connectivity index (χ0n) is 11.2. The standard InChI is InChI=1S/C13H21N3O2S/c1-16(11-6-12-2-7-14-8-3-12)19(17,18)13-4-9-15-10-5-13/h2-3,7-8,13,15H,4-6,9-11H2,1H3. The summed E-state index contributed by atoms with van der Waals surface area (Å²) in [5.74, 6) is 0. The zero-order chi connectivity index (χ0) is 13.7. The molecule has 19 heavy (non-hydrogen) atoms. The van der Waals surface area contributed by atoms with Crippen LogP contribution in [0.3, 0.4) is 0 Å². The number of hydrogen-bond acceptors (Lipinski definition) is 4. The van der Waals surface area contributed by atoms with Gasteiger partial charge in [0.1, 0.15) is 0 Å². The molecule has 5 nitrogen and oxygen atoms in total. The van der Waals surface area contributed by atoms with Crippen LogP contribution >= 0.6 is 0 Å². The third-order valence-electron chi connectivity index (χ3n) is 3.61. The van der Waals surface area contributed by atoms with Gasteiger partial charge in [-0.3, -0.25) is 4.98 Å². The van der Waals surface area contributed by atoms with Gasteiger partial charge >= 0.3 is 0 Å². The molecule has 0 radical (unpaired) electrons. The number of hydrogen-bond donors (Lipinski definition) is 1. The number of sulfonamides is 1. The van der Waals surface area contributed by atoms with Crippen molar-refractivity contribution < 1.29 is 8.42 Å². The van der Waals surface area contributed by atoms with Gasteiger partial charge in [-0.2, -0.15) is 0 Å². The highest BCUT2D eigenvalue weighted by Crippen LogP contribution is 2.17. The van der Waals surface area contributed by atoms with Crippen molar-refractivity contribution in [2.45, 2.75) is 24.5 Å². The maximum Gasteiger partial charge on any atom is 0.216 e. The van der Waals surface area contributed by atoms with E-state index in [1.54, 1.807) is 19.4 Å². The first kappa shape index (κ1) is 14.4. The molecule has 2 heterocycles. The molecule has 1 aliphatic rings. The Hall–Kier alpha value is -0.980. The minimum absolute atomic E-state index is 0.226. The van der Waals surface area contributed by atoms with Crippen LogP contribution < -0.4 is 5.32 Å². The first-order valence-electron chi connectivity index (χ1n) is 6.65. The van der Waals surface area contributed by atoms with Gasteiger partial charge in [-0.15, -0.1) is 0 Å². The molecule has 0 atom stereocenters. The Morgan fingerprint density at radius 3 is 2.58 bits per heavy atom. The summed E-state index contributed by atoms with van der Waals surface area (Å²) in [7, 11) is -1.48. The molecule has 1 N–H and O–H groups in total. The maximum absolute atomic E-state index is 12.4. The van der Waals surface area contributed by atoms with Gasteiger partial charge < -0.3 is 5.32 Å². The Bertz CT molecular complexity index is 484. The molecule has 1 aliphatic heterocycles. The van der Waals surface area contributed by atoms with Crippen molar-refractivity contribution in [2.24, 2.45) is 0 Å². The van der Waals surface area contributed by atoms with Crippen molar-refractivity contribution in [1.82, 2.24) is 14.6 Å². The molecule has 0 saturated carbocycles. The number of aromatic nitrogens is 1. The predicted octanol–water partition coefficient (Wildman–Crippen LogP) is 0.638. The summed E-state index contributed by atoms with van der Waals surface area (Å²) < 4.78 is 26.3. The van der Waals surface area contributed by atoms with Gasteiger partial charge in [0.05, 0.1) is 5.25 Å². The molecular weight excluding hydrogens is 262 g/mol. The second kappa shape index (κ2) is 6.45. The van der Waals surface area contributed by atoms with E-state index < -0.39 is 10.0 Å². The van der Waals surface area contributed by atoms with E-state index in [0.29, 0.717) is 19.4 Å². The van der Waals surface area contributed by atoms with Crippen LogP contribution in [0.1, 0.15) is 18.4 Å². The monoisotopic (exact) mass is 283 g/mol. The lowest BCUT2D eigenvalue weighted by atomic mass is 10.2. The average Bonchev–Trinajstić information content (AvgIpc) is 2.46. The van der Waals surface area contributed by atoms with E-state index in [1.807, 2.05) is 12.1 Å². The highest BCUT2D eigenvalue weighted by atomic mass is 32.2. The van der Waals surface area contributed by atoms with Crippen LogP contribution in [0.25, 0.3) is 0 Å². The summed E-state index contributed by atoms with van der Waals surface area (Å²) in [6.07, 6.45) is 5.61. The number of nitrogens with one attached hydrogen (secondary N) is 1. The summed E-state index contributed by atoms with van der Waals surface area (Å²) in [5.41, 5.74) is 1.11. The predicted molar refractivity (Wildman–Crippen MR) is 75.4 cm³/mol. The fraction of sp³-hybridized carbons (Fsp3) is 0.615. The lowest BCUT2D eigenvalue weighted by Gasteiger charge is -2.27. The van der Waals surface area contributed by atoms with Crippen LogP contribution in [0.2, 0.25) is 0 Å². The molecule has 6 heteroatoms. The minimum Gasteiger partial charge on any atom is -0.317 e. The highest BCUT2D eigenvalue weighted by molar-refractivity contribution is 7.89. The van der Waals surface area contributed by atoms with E-state index in [4.69, 9.17) is 0 Å². The number of pyridine rings is 1. The molecule has 0 amide bonds. The van der Waals surface area contributed by atoms with Gasteiger partial charge in [0.2, 0.25) is 10.0 Å². The van der Waals surface area contributed by atoms with Gasteiger partial charge in [0.15, 0.2) is 0 Å². The Kier molecular flexibility index (Phi) is 4.90. The minimum atomic E-state index is -3.15. The average molecular weight is 283 g/mol. The van der Waals surface area contributed by atoms with Crippen molar-refractivity contribution >= 4 is 10.0 Å². The summed E-state index contributed by atoms with van der Waals surface area (Å²) in [6.45, 7) is 2.11. The highest BCUT2D eigenvalue weighted by Gasteiger charge is 2.30. The summed E-state index contributed by atoms with van der Waals surface area (Å²) in [4.78, 5) is 3.96. The molecular formula is C13H21N3O2S. The molecule has 1 aromatic heterocycles. The Balaban J connectivity index is 1.93. The Morgan fingerprint density at radius 1 is 1.32 bits per heavy atom. The van der Waals surface area contributed by atoms with Gasteiger partial charge in [-0.05, 0) is 50.0 Å². The fourth-order valence-electron chi connectivity index (χ4n) is 2.31. The summed E-state index contributed by atoms with van der Waals surface area (Å²) >= 11 is 0. The van der Waals surface area contributed by atoms with E-state index >= 15 is 0 Å². The van der Waals surface area contributed by atoms with Crippen LogP contribution in [0.15, 0.2) is 24.5 Å². The van der Waals surface area contributed by atoms with Gasteiger partial charge in [0.25, 0.3) is 0 Å². The molecule has 0 unspecified atom stereocenters. The molecule has 1 fully saturated rings.